The third-order valence-corrected chi connectivity index (χ3v) is 12.4. The fraction of sp³-hybridized carbons (Fsp3) is 0.951. The van der Waals surface area contributed by atoms with Crippen molar-refractivity contribution >= 4 is 33.3 Å². The van der Waals surface area contributed by atoms with Crippen molar-refractivity contribution in [3.63, 3.8) is 0 Å². The van der Waals surface area contributed by atoms with Gasteiger partial charge in [-0.05, 0) is 32.1 Å². The van der Waals surface area contributed by atoms with Gasteiger partial charge in [-0.1, -0.05) is 138 Å². The molecule has 0 bridgehead atoms. The first kappa shape index (κ1) is 47.8. The third-order valence-electron chi connectivity index (χ3n) is 9.89. The van der Waals surface area contributed by atoms with Crippen molar-refractivity contribution in [3.8, 4) is 0 Å². The average molecular weight is 716 g/mol. The summed E-state index contributed by atoms with van der Waals surface area (Å²) in [7, 11) is 12.9. The Morgan fingerprint density at radius 2 is 0.792 bits per heavy atom. The second kappa shape index (κ2) is 33.9. The van der Waals surface area contributed by atoms with E-state index in [0.717, 1.165) is 65.8 Å². The summed E-state index contributed by atoms with van der Waals surface area (Å²) in [5.41, 5.74) is 0. The third kappa shape index (κ3) is 35.6. The topological polar surface area (TPSA) is 46.2 Å². The largest absolute Gasteiger partial charge is 0.355 e. The Morgan fingerprint density at radius 1 is 0.438 bits per heavy atom. The van der Waals surface area contributed by atoms with Crippen LogP contribution in [0.1, 0.15) is 181 Å². The van der Waals surface area contributed by atoms with Gasteiger partial charge in [-0.3, -0.25) is 9.59 Å². The molecule has 0 aromatic rings. The summed E-state index contributed by atoms with van der Waals surface area (Å²) in [6.07, 6.45) is 32.7. The van der Waals surface area contributed by atoms with Crippen LogP contribution in [-0.4, -0.2) is 93.1 Å². The number of Topliss-reactive ketones (excluding diaryl/α,β-unsaturated/α-hetero) is 1. The lowest BCUT2D eigenvalue weighted by molar-refractivity contribution is -0.890. The predicted octanol–water partition coefficient (Wildman–Crippen LogP) is 11.4. The fourth-order valence-electron chi connectivity index (χ4n) is 6.54. The van der Waals surface area contributed by atoms with Gasteiger partial charge in [-0.15, -0.1) is 0 Å². The van der Waals surface area contributed by atoms with E-state index in [1.54, 1.807) is 0 Å². The van der Waals surface area contributed by atoms with E-state index in [2.05, 4.69) is 47.4 Å². The molecule has 0 atom stereocenters. The van der Waals surface area contributed by atoms with Crippen molar-refractivity contribution in [2.24, 2.45) is 0 Å². The van der Waals surface area contributed by atoms with Gasteiger partial charge < -0.3 is 14.3 Å². The number of rotatable bonds is 38. The molecular formula is C41H85N3O2S2+2. The molecule has 48 heavy (non-hydrogen) atoms. The number of hydrogen-bond acceptors (Lipinski definition) is 4. The van der Waals surface area contributed by atoms with Crippen LogP contribution in [0.3, 0.4) is 0 Å². The number of quaternary nitrogens is 2. The first-order valence-corrected chi connectivity index (χ1v) is 23.3. The number of hydrogen-bond donors (Lipinski definition) is 1. The Hall–Kier alpha value is -0.240. The molecule has 0 fully saturated rings. The van der Waals surface area contributed by atoms with Gasteiger partial charge in [0.05, 0.1) is 54.4 Å². The molecule has 0 rings (SSSR count). The molecule has 0 saturated carbocycles. The van der Waals surface area contributed by atoms with Crippen molar-refractivity contribution in [3.05, 3.63) is 0 Å². The Morgan fingerprint density at radius 3 is 1.25 bits per heavy atom. The van der Waals surface area contributed by atoms with Crippen LogP contribution < -0.4 is 5.32 Å². The second-order valence-corrected chi connectivity index (χ2v) is 18.7. The molecule has 0 unspecified atom stereocenters. The molecule has 0 radical (unpaired) electrons. The number of nitrogens with zero attached hydrogens (tertiary/aromatic N) is 2. The van der Waals surface area contributed by atoms with E-state index in [9.17, 15) is 9.59 Å². The molecule has 0 aromatic heterocycles. The van der Waals surface area contributed by atoms with Crippen LogP contribution in [0.2, 0.25) is 0 Å². The highest BCUT2D eigenvalue weighted by atomic mass is 33.1. The van der Waals surface area contributed by atoms with Gasteiger partial charge in [0.25, 0.3) is 0 Å². The Labute approximate surface area is 309 Å². The van der Waals surface area contributed by atoms with Gasteiger partial charge >= 0.3 is 0 Å². The van der Waals surface area contributed by atoms with Gasteiger partial charge in [0.2, 0.25) is 5.91 Å². The Balaban J connectivity index is 3.59. The van der Waals surface area contributed by atoms with Crippen LogP contribution in [0.25, 0.3) is 0 Å². The molecule has 0 aliphatic carbocycles. The highest BCUT2D eigenvalue weighted by Crippen LogP contribution is 2.22. The molecule has 1 N–H and O–H groups in total. The Bertz CT molecular complexity index is 672. The molecule has 0 aliphatic heterocycles. The highest BCUT2D eigenvalue weighted by Gasteiger charge is 2.16. The summed E-state index contributed by atoms with van der Waals surface area (Å²) in [4.78, 5) is 24.7. The standard InChI is InChI=1S/C41H84N3O2S2/c1-7-9-11-13-15-17-19-21-23-25-34-43(3,4)36-27-30-40(45)31-29-38-47-48-39-33-42-41(46)32-28-37-44(5,6)35-26-24-22-20-18-16-14-12-10-8-2/h7-39H2,1-6H3/q+1/p+1. The summed E-state index contributed by atoms with van der Waals surface area (Å²) in [5, 5.41) is 3.10. The maximum absolute atomic E-state index is 12.4. The summed E-state index contributed by atoms with van der Waals surface area (Å²) in [6.45, 7) is 9.93. The number of nitrogens with one attached hydrogen (secondary N) is 1. The molecule has 7 heteroatoms. The molecule has 0 heterocycles. The number of ketones is 1. The normalized spacial score (nSPS) is 12.1. The molecule has 0 spiro atoms. The molecule has 0 aliphatic rings. The van der Waals surface area contributed by atoms with Gasteiger partial charge in [-0.2, -0.15) is 0 Å². The predicted molar refractivity (Wildman–Crippen MR) is 218 cm³/mol. The van der Waals surface area contributed by atoms with E-state index >= 15 is 0 Å². The lowest BCUT2D eigenvalue weighted by atomic mass is 10.1. The number of unbranched alkanes of at least 4 members (excludes halogenated alkanes) is 18. The maximum atomic E-state index is 12.4. The monoisotopic (exact) mass is 716 g/mol. The maximum Gasteiger partial charge on any atom is 0.220 e. The van der Waals surface area contributed by atoms with Gasteiger partial charge in [0.1, 0.15) is 5.78 Å². The summed E-state index contributed by atoms with van der Waals surface area (Å²) in [6, 6.07) is 0. The Kier molecular flexibility index (Phi) is 33.7. The van der Waals surface area contributed by atoms with Crippen LogP contribution in [0.15, 0.2) is 0 Å². The van der Waals surface area contributed by atoms with E-state index in [0.29, 0.717) is 18.6 Å². The lowest BCUT2D eigenvalue weighted by Crippen LogP contribution is -2.41. The van der Waals surface area contributed by atoms with Crippen molar-refractivity contribution < 1.29 is 18.6 Å². The zero-order valence-corrected chi connectivity index (χ0v) is 35.0. The van der Waals surface area contributed by atoms with E-state index in [-0.39, 0.29) is 5.91 Å². The minimum absolute atomic E-state index is 0.190. The molecule has 0 aromatic carbocycles. The number of carbonyl (C=O) groups excluding carboxylic acids is 2. The number of carbonyl (C=O) groups is 2. The van der Waals surface area contributed by atoms with Crippen LogP contribution in [-0.2, 0) is 9.59 Å². The zero-order chi connectivity index (χ0) is 35.6. The molecule has 0 saturated heterocycles. The first-order chi connectivity index (χ1) is 23.1. The summed E-state index contributed by atoms with van der Waals surface area (Å²) < 4.78 is 2.07. The van der Waals surface area contributed by atoms with Gasteiger partial charge in [0.15, 0.2) is 0 Å². The zero-order valence-electron chi connectivity index (χ0n) is 33.4. The number of amides is 1. The van der Waals surface area contributed by atoms with E-state index in [1.165, 1.54) is 142 Å². The van der Waals surface area contributed by atoms with Crippen LogP contribution in [0, 0.1) is 0 Å². The van der Waals surface area contributed by atoms with E-state index in [1.807, 2.05) is 21.6 Å². The van der Waals surface area contributed by atoms with Crippen LogP contribution >= 0.6 is 21.6 Å². The minimum Gasteiger partial charge on any atom is -0.355 e. The summed E-state index contributed by atoms with van der Waals surface area (Å²) >= 11 is 0. The summed E-state index contributed by atoms with van der Waals surface area (Å²) in [5.74, 6) is 2.56. The van der Waals surface area contributed by atoms with E-state index < -0.39 is 0 Å². The minimum atomic E-state index is 0.190. The quantitative estimate of drug-likeness (QED) is 0.0393. The highest BCUT2D eigenvalue weighted by molar-refractivity contribution is 8.76. The second-order valence-electron chi connectivity index (χ2n) is 16.0. The van der Waals surface area contributed by atoms with Crippen molar-refractivity contribution in [1.29, 1.82) is 0 Å². The van der Waals surface area contributed by atoms with Gasteiger partial charge in [-0.25, -0.2) is 0 Å². The van der Waals surface area contributed by atoms with E-state index in [4.69, 9.17) is 0 Å². The van der Waals surface area contributed by atoms with Crippen molar-refractivity contribution in [2.75, 3.05) is 72.4 Å². The van der Waals surface area contributed by atoms with Gasteiger partial charge in [0, 0.05) is 50.2 Å². The molecule has 1 amide bonds. The lowest BCUT2D eigenvalue weighted by Gasteiger charge is -2.29. The fourth-order valence-corrected chi connectivity index (χ4v) is 8.54. The van der Waals surface area contributed by atoms with Crippen LogP contribution in [0.5, 0.6) is 0 Å². The molecule has 286 valence electrons. The molecule has 5 nitrogen and oxygen atoms in total. The molecular weight excluding hydrogens is 631 g/mol. The average Bonchev–Trinajstić information content (AvgIpc) is 3.03. The van der Waals surface area contributed by atoms with Crippen molar-refractivity contribution in [2.45, 2.75) is 181 Å². The SMILES string of the molecule is CCCCCCCCCCCC[N+](C)(C)CCCC(=O)CCCSSCCNC(=O)CCC[N+](C)(C)CCCCCCCCCCCC. The smallest absolute Gasteiger partial charge is 0.220 e. The van der Waals surface area contributed by atoms with Crippen LogP contribution in [0.4, 0.5) is 0 Å². The first-order valence-electron chi connectivity index (χ1n) is 20.8. The van der Waals surface area contributed by atoms with Crippen molar-refractivity contribution in [1.82, 2.24) is 5.32 Å².